The molecule has 1 atom stereocenters. The molecule has 0 aliphatic rings. The quantitative estimate of drug-likeness (QED) is 0.362. The minimum Gasteiger partial charge on any atom is -0.508 e. The Bertz CT molecular complexity index is 659. The van der Waals surface area contributed by atoms with Crippen LogP contribution in [0.1, 0.15) is 5.56 Å². The molecule has 0 aromatic heterocycles. The standard InChI is InChI=1S/C15H19N3O3/c16-8-3-11(12-5-9(20)1-2-14(12)17)13(15(18)4-8)6-10(21)7-19/h1-5,10,19-21H,6-7,16-18H2. The number of phenols is 1. The first-order chi connectivity index (χ1) is 9.92. The van der Waals surface area contributed by atoms with Gasteiger partial charge < -0.3 is 32.5 Å². The van der Waals surface area contributed by atoms with Crippen LogP contribution < -0.4 is 17.2 Å². The molecule has 2 aromatic rings. The van der Waals surface area contributed by atoms with E-state index in [1.165, 1.54) is 12.1 Å². The molecule has 112 valence electrons. The summed E-state index contributed by atoms with van der Waals surface area (Å²) in [6.07, 6.45) is -0.777. The second-order valence-electron chi connectivity index (χ2n) is 4.95. The van der Waals surface area contributed by atoms with Gasteiger partial charge in [0.25, 0.3) is 0 Å². The largest absolute Gasteiger partial charge is 0.508 e. The average Bonchev–Trinajstić information content (AvgIpc) is 2.44. The lowest BCUT2D eigenvalue weighted by Crippen LogP contribution is -2.17. The number of benzene rings is 2. The highest BCUT2D eigenvalue weighted by Crippen LogP contribution is 2.36. The van der Waals surface area contributed by atoms with Crippen LogP contribution in [0.4, 0.5) is 17.1 Å². The molecule has 0 saturated heterocycles. The highest BCUT2D eigenvalue weighted by atomic mass is 16.3. The molecule has 0 bridgehead atoms. The van der Waals surface area contributed by atoms with Gasteiger partial charge in [-0.05, 0) is 41.5 Å². The molecule has 0 saturated carbocycles. The van der Waals surface area contributed by atoms with Crippen molar-refractivity contribution < 1.29 is 15.3 Å². The smallest absolute Gasteiger partial charge is 0.116 e. The molecule has 0 heterocycles. The monoisotopic (exact) mass is 289 g/mol. The highest BCUT2D eigenvalue weighted by molar-refractivity contribution is 5.84. The highest BCUT2D eigenvalue weighted by Gasteiger charge is 2.16. The zero-order valence-corrected chi connectivity index (χ0v) is 11.5. The molecule has 21 heavy (non-hydrogen) atoms. The fourth-order valence-corrected chi connectivity index (χ4v) is 2.26. The van der Waals surface area contributed by atoms with E-state index in [0.717, 1.165) is 0 Å². The molecular formula is C15H19N3O3. The molecule has 2 aromatic carbocycles. The summed E-state index contributed by atoms with van der Waals surface area (Å²) in [5.74, 6) is 0.0638. The maximum Gasteiger partial charge on any atom is 0.116 e. The Morgan fingerprint density at radius 3 is 2.33 bits per heavy atom. The van der Waals surface area contributed by atoms with E-state index in [9.17, 15) is 10.2 Å². The van der Waals surface area contributed by atoms with Crippen LogP contribution in [0.3, 0.4) is 0 Å². The van der Waals surface area contributed by atoms with E-state index in [2.05, 4.69) is 0 Å². The van der Waals surface area contributed by atoms with E-state index in [1.807, 2.05) is 0 Å². The van der Waals surface area contributed by atoms with Crippen LogP contribution in [0.15, 0.2) is 30.3 Å². The maximum absolute atomic E-state index is 9.68. The SMILES string of the molecule is Nc1cc(N)c(CC(O)CO)c(-c2cc(O)ccc2N)c1. The maximum atomic E-state index is 9.68. The number of phenolic OH excluding ortho intramolecular Hbond substituents is 1. The van der Waals surface area contributed by atoms with E-state index in [4.69, 9.17) is 22.3 Å². The molecule has 6 heteroatoms. The van der Waals surface area contributed by atoms with Crippen molar-refractivity contribution in [3.63, 3.8) is 0 Å². The normalized spacial score (nSPS) is 12.3. The van der Waals surface area contributed by atoms with Gasteiger partial charge in [0.2, 0.25) is 0 Å². The molecule has 9 N–H and O–H groups in total. The summed E-state index contributed by atoms with van der Waals surface area (Å²) in [5.41, 5.74) is 20.9. The molecular weight excluding hydrogens is 270 g/mol. The van der Waals surface area contributed by atoms with Gasteiger partial charge in [0.1, 0.15) is 5.75 Å². The van der Waals surface area contributed by atoms with E-state index in [1.54, 1.807) is 18.2 Å². The first-order valence-electron chi connectivity index (χ1n) is 6.48. The molecule has 0 aliphatic carbocycles. The third kappa shape index (κ3) is 3.18. The second kappa shape index (κ2) is 5.90. The van der Waals surface area contributed by atoms with Crippen LogP contribution in [-0.2, 0) is 6.42 Å². The molecule has 0 amide bonds. The Morgan fingerprint density at radius 2 is 1.67 bits per heavy atom. The van der Waals surface area contributed by atoms with Gasteiger partial charge in [0, 0.05) is 29.0 Å². The number of nitrogen functional groups attached to an aromatic ring is 3. The lowest BCUT2D eigenvalue weighted by molar-refractivity contribution is 0.0957. The lowest BCUT2D eigenvalue weighted by atomic mass is 9.92. The number of aliphatic hydroxyl groups is 2. The van der Waals surface area contributed by atoms with Crippen LogP contribution in [-0.4, -0.2) is 28.0 Å². The van der Waals surface area contributed by atoms with Crippen LogP contribution in [0.25, 0.3) is 11.1 Å². The second-order valence-corrected chi connectivity index (χ2v) is 4.95. The van der Waals surface area contributed by atoms with Crippen molar-refractivity contribution in [3.8, 4) is 16.9 Å². The van der Waals surface area contributed by atoms with E-state index >= 15 is 0 Å². The predicted molar refractivity (Wildman–Crippen MR) is 83.6 cm³/mol. The average molecular weight is 289 g/mol. The number of aromatic hydroxyl groups is 1. The Labute approximate surface area is 122 Å². The summed E-state index contributed by atoms with van der Waals surface area (Å²) in [6.45, 7) is -0.376. The molecule has 2 rings (SSSR count). The van der Waals surface area contributed by atoms with Crippen LogP contribution >= 0.6 is 0 Å². The van der Waals surface area contributed by atoms with Crippen LogP contribution in [0.5, 0.6) is 5.75 Å². The van der Waals surface area contributed by atoms with Crippen LogP contribution in [0, 0.1) is 0 Å². The van der Waals surface area contributed by atoms with E-state index < -0.39 is 6.10 Å². The molecule has 0 spiro atoms. The molecule has 1 unspecified atom stereocenters. The molecule has 6 nitrogen and oxygen atoms in total. The minimum absolute atomic E-state index is 0.0638. The summed E-state index contributed by atoms with van der Waals surface area (Å²) < 4.78 is 0. The van der Waals surface area contributed by atoms with Crippen molar-refractivity contribution in [1.29, 1.82) is 0 Å². The molecule has 0 fully saturated rings. The number of hydrogen-bond acceptors (Lipinski definition) is 6. The minimum atomic E-state index is -0.937. The summed E-state index contributed by atoms with van der Waals surface area (Å²) in [7, 11) is 0. The lowest BCUT2D eigenvalue weighted by Gasteiger charge is -2.17. The number of nitrogens with two attached hydrogens (primary N) is 3. The molecule has 0 aliphatic heterocycles. The zero-order chi connectivity index (χ0) is 15.6. The Hall–Kier alpha value is -2.44. The fraction of sp³-hybridized carbons (Fsp3) is 0.200. The third-order valence-electron chi connectivity index (χ3n) is 3.28. The predicted octanol–water partition coefficient (Wildman–Crippen LogP) is 0.702. The number of rotatable bonds is 4. The summed E-state index contributed by atoms with van der Waals surface area (Å²) >= 11 is 0. The van der Waals surface area contributed by atoms with Gasteiger partial charge in [-0.2, -0.15) is 0 Å². The van der Waals surface area contributed by atoms with Crippen molar-refractivity contribution in [2.24, 2.45) is 0 Å². The topological polar surface area (TPSA) is 139 Å². The fourth-order valence-electron chi connectivity index (χ4n) is 2.26. The van der Waals surface area contributed by atoms with Crippen molar-refractivity contribution >= 4 is 17.1 Å². The van der Waals surface area contributed by atoms with Gasteiger partial charge in [-0.15, -0.1) is 0 Å². The Morgan fingerprint density at radius 1 is 0.952 bits per heavy atom. The van der Waals surface area contributed by atoms with Gasteiger partial charge in [-0.25, -0.2) is 0 Å². The van der Waals surface area contributed by atoms with Crippen LogP contribution in [0.2, 0.25) is 0 Å². The van der Waals surface area contributed by atoms with Gasteiger partial charge >= 0.3 is 0 Å². The number of anilines is 3. The number of aliphatic hydroxyl groups excluding tert-OH is 2. The van der Waals surface area contributed by atoms with Crippen molar-refractivity contribution in [3.05, 3.63) is 35.9 Å². The van der Waals surface area contributed by atoms with Gasteiger partial charge in [-0.1, -0.05) is 0 Å². The van der Waals surface area contributed by atoms with E-state index in [0.29, 0.717) is 33.8 Å². The van der Waals surface area contributed by atoms with Gasteiger partial charge in [0.15, 0.2) is 0 Å². The van der Waals surface area contributed by atoms with Gasteiger partial charge in [-0.3, -0.25) is 0 Å². The first kappa shape index (κ1) is 15.0. The molecule has 0 radical (unpaired) electrons. The van der Waals surface area contributed by atoms with Gasteiger partial charge in [0.05, 0.1) is 12.7 Å². The summed E-state index contributed by atoms with van der Waals surface area (Å²) in [6, 6.07) is 7.84. The third-order valence-corrected chi connectivity index (χ3v) is 3.28. The summed E-state index contributed by atoms with van der Waals surface area (Å²) in [5, 5.41) is 28.4. The number of hydrogen-bond donors (Lipinski definition) is 6. The zero-order valence-electron chi connectivity index (χ0n) is 11.5. The first-order valence-corrected chi connectivity index (χ1v) is 6.48. The van der Waals surface area contributed by atoms with Crippen molar-refractivity contribution in [2.75, 3.05) is 23.8 Å². The van der Waals surface area contributed by atoms with E-state index in [-0.39, 0.29) is 18.8 Å². The van der Waals surface area contributed by atoms with Crippen molar-refractivity contribution in [2.45, 2.75) is 12.5 Å². The Kier molecular flexibility index (Phi) is 4.21. The summed E-state index contributed by atoms with van der Waals surface area (Å²) in [4.78, 5) is 0. The Balaban J connectivity index is 2.63. The van der Waals surface area contributed by atoms with Crippen molar-refractivity contribution in [1.82, 2.24) is 0 Å².